The number of thioether (sulfide) groups is 1. The maximum Gasteiger partial charge on any atom is 0.293 e. The van der Waals surface area contributed by atoms with Gasteiger partial charge in [-0.15, -0.1) is 0 Å². The largest absolute Gasteiger partial charge is 0.488 e. The molecule has 0 aliphatic carbocycles. The van der Waals surface area contributed by atoms with E-state index in [4.69, 9.17) is 4.74 Å². The van der Waals surface area contributed by atoms with Crippen molar-refractivity contribution in [3.63, 3.8) is 0 Å². The number of nitro benzene ring substituents is 1. The lowest BCUT2D eigenvalue weighted by Crippen LogP contribution is -2.27. The van der Waals surface area contributed by atoms with Crippen LogP contribution in [-0.4, -0.2) is 21.0 Å². The molecule has 4 aromatic carbocycles. The molecule has 1 fully saturated rings. The van der Waals surface area contributed by atoms with Gasteiger partial charge in [0.25, 0.3) is 16.8 Å². The van der Waals surface area contributed by atoms with Gasteiger partial charge in [-0.2, -0.15) is 0 Å². The Morgan fingerprint density at radius 1 is 0.861 bits per heavy atom. The third-order valence-electron chi connectivity index (χ3n) is 5.75. The van der Waals surface area contributed by atoms with Crippen LogP contribution in [0.3, 0.4) is 0 Å². The molecule has 0 radical (unpaired) electrons. The molecule has 8 heteroatoms. The fraction of sp³-hybridized carbons (Fsp3) is 0.0714. The van der Waals surface area contributed by atoms with Gasteiger partial charge in [-0.1, -0.05) is 66.7 Å². The van der Waals surface area contributed by atoms with E-state index in [-0.39, 0.29) is 17.1 Å². The van der Waals surface area contributed by atoms with Crippen molar-refractivity contribution >= 4 is 45.4 Å². The minimum atomic E-state index is -0.508. The molecule has 7 nitrogen and oxygen atoms in total. The molecule has 0 aromatic heterocycles. The summed E-state index contributed by atoms with van der Waals surface area (Å²) in [6.07, 6.45) is 1.65. The van der Waals surface area contributed by atoms with Gasteiger partial charge in [0.1, 0.15) is 12.4 Å². The predicted molar refractivity (Wildman–Crippen MR) is 139 cm³/mol. The summed E-state index contributed by atoms with van der Waals surface area (Å²) in [4.78, 5) is 37.5. The van der Waals surface area contributed by atoms with Crippen molar-refractivity contribution in [3.8, 4) is 5.75 Å². The molecule has 1 aliphatic rings. The summed E-state index contributed by atoms with van der Waals surface area (Å²) in [6, 6.07) is 27.5. The fourth-order valence-corrected chi connectivity index (χ4v) is 4.78. The Hall–Kier alpha value is -4.43. The number of ether oxygens (including phenoxy) is 1. The molecule has 0 spiro atoms. The van der Waals surface area contributed by atoms with Crippen LogP contribution in [0.25, 0.3) is 16.8 Å². The lowest BCUT2D eigenvalue weighted by atomic mass is 10.1. The normalized spacial score (nSPS) is 14.6. The average Bonchev–Trinajstić information content (AvgIpc) is 3.15. The molecular formula is C28H20N2O5S. The summed E-state index contributed by atoms with van der Waals surface area (Å²) in [5.74, 6) is 0.150. The highest BCUT2D eigenvalue weighted by molar-refractivity contribution is 8.18. The minimum absolute atomic E-state index is 0.0379. The van der Waals surface area contributed by atoms with E-state index in [0.717, 1.165) is 33.0 Å². The highest BCUT2D eigenvalue weighted by Gasteiger charge is 2.35. The predicted octanol–water partition coefficient (Wildman–Crippen LogP) is 6.56. The number of carbonyl (C=O) groups excluding carboxylic acids is 2. The first-order chi connectivity index (χ1) is 17.5. The quantitative estimate of drug-likeness (QED) is 0.163. The maximum absolute atomic E-state index is 13.0. The summed E-state index contributed by atoms with van der Waals surface area (Å²) in [5, 5.41) is 12.9. The zero-order valence-corrected chi connectivity index (χ0v) is 19.8. The minimum Gasteiger partial charge on any atom is -0.488 e. The van der Waals surface area contributed by atoms with E-state index in [0.29, 0.717) is 23.5 Å². The van der Waals surface area contributed by atoms with E-state index in [1.165, 1.54) is 18.2 Å². The molecule has 36 heavy (non-hydrogen) atoms. The monoisotopic (exact) mass is 496 g/mol. The zero-order valence-electron chi connectivity index (χ0n) is 19.0. The van der Waals surface area contributed by atoms with Crippen molar-refractivity contribution in [1.29, 1.82) is 0 Å². The van der Waals surface area contributed by atoms with E-state index < -0.39 is 16.1 Å². The van der Waals surface area contributed by atoms with E-state index in [9.17, 15) is 19.7 Å². The van der Waals surface area contributed by atoms with Gasteiger partial charge in [0.15, 0.2) is 0 Å². The second-order valence-electron chi connectivity index (χ2n) is 8.20. The number of carbonyl (C=O) groups is 2. The van der Waals surface area contributed by atoms with Gasteiger partial charge in [0, 0.05) is 17.7 Å². The van der Waals surface area contributed by atoms with Crippen molar-refractivity contribution in [2.75, 3.05) is 0 Å². The van der Waals surface area contributed by atoms with Gasteiger partial charge in [-0.3, -0.25) is 24.6 Å². The van der Waals surface area contributed by atoms with Crippen LogP contribution in [0.1, 0.15) is 16.7 Å². The lowest BCUT2D eigenvalue weighted by Gasteiger charge is -2.12. The van der Waals surface area contributed by atoms with Crippen LogP contribution < -0.4 is 4.74 Å². The molecule has 0 unspecified atom stereocenters. The Kier molecular flexibility index (Phi) is 6.51. The van der Waals surface area contributed by atoms with Crippen LogP contribution in [0.5, 0.6) is 5.75 Å². The van der Waals surface area contributed by atoms with Crippen LogP contribution in [0, 0.1) is 10.1 Å². The lowest BCUT2D eigenvalue weighted by molar-refractivity contribution is -0.384. The van der Waals surface area contributed by atoms with Gasteiger partial charge < -0.3 is 4.74 Å². The van der Waals surface area contributed by atoms with Crippen molar-refractivity contribution in [1.82, 2.24) is 4.90 Å². The molecule has 2 amide bonds. The van der Waals surface area contributed by atoms with Crippen molar-refractivity contribution in [2.24, 2.45) is 0 Å². The number of hydrogen-bond donors (Lipinski definition) is 0. The second kappa shape index (κ2) is 10.1. The third-order valence-corrected chi connectivity index (χ3v) is 6.66. The fourth-order valence-electron chi connectivity index (χ4n) is 3.95. The Balaban J connectivity index is 1.33. The van der Waals surface area contributed by atoms with Crippen molar-refractivity contribution < 1.29 is 19.2 Å². The number of benzene rings is 4. The summed E-state index contributed by atoms with van der Waals surface area (Å²) in [5.41, 5.74) is 2.11. The van der Waals surface area contributed by atoms with Gasteiger partial charge in [0.05, 0.1) is 16.4 Å². The number of non-ortho nitro benzene ring substituents is 1. The standard InChI is InChI=1S/C28H20N2O5S/c31-27-26(36-28(32)29(27)17-19-6-5-10-24(15-19)30(33)34)16-23-9-3-4-11-25(23)35-18-20-12-13-21-7-1-2-8-22(21)14-20/h1-16H,17-18H2/b26-16+. The molecule has 0 bridgehead atoms. The first kappa shape index (κ1) is 23.3. The second-order valence-corrected chi connectivity index (χ2v) is 9.20. The van der Waals surface area contributed by atoms with Crippen molar-refractivity contribution in [3.05, 3.63) is 123 Å². The van der Waals surface area contributed by atoms with Crippen LogP contribution in [-0.2, 0) is 17.9 Å². The number of amides is 2. The van der Waals surface area contributed by atoms with Crippen LogP contribution >= 0.6 is 11.8 Å². The van der Waals surface area contributed by atoms with Crippen LogP contribution in [0.4, 0.5) is 10.5 Å². The number of fused-ring (bicyclic) bond motifs is 1. The molecule has 5 rings (SSSR count). The number of para-hydroxylation sites is 1. The molecule has 0 saturated carbocycles. The number of nitrogens with zero attached hydrogens (tertiary/aromatic N) is 2. The van der Waals surface area contributed by atoms with Gasteiger partial charge in [0.2, 0.25) is 0 Å². The van der Waals surface area contributed by atoms with Gasteiger partial charge in [-0.25, -0.2) is 0 Å². The first-order valence-corrected chi connectivity index (χ1v) is 12.0. The van der Waals surface area contributed by atoms with Crippen LogP contribution in [0.15, 0.2) is 95.9 Å². The molecular weight excluding hydrogens is 476 g/mol. The first-order valence-electron chi connectivity index (χ1n) is 11.2. The Labute approximate surface area is 211 Å². The van der Waals surface area contributed by atoms with Gasteiger partial charge >= 0.3 is 0 Å². The summed E-state index contributed by atoms with van der Waals surface area (Å²) < 4.78 is 6.08. The molecule has 1 heterocycles. The van der Waals surface area contributed by atoms with Crippen LogP contribution in [0.2, 0.25) is 0 Å². The zero-order chi connectivity index (χ0) is 25.1. The Bertz CT molecular complexity index is 1530. The number of imide groups is 1. The number of nitro groups is 1. The molecule has 1 aliphatic heterocycles. The summed E-state index contributed by atoms with van der Waals surface area (Å²) in [6.45, 7) is 0.313. The molecule has 4 aromatic rings. The van der Waals surface area contributed by atoms with E-state index in [1.54, 1.807) is 12.1 Å². The average molecular weight is 497 g/mol. The van der Waals surface area contributed by atoms with Gasteiger partial charge in [-0.05, 0) is 51.9 Å². The van der Waals surface area contributed by atoms with Crippen molar-refractivity contribution in [2.45, 2.75) is 13.2 Å². The maximum atomic E-state index is 13.0. The smallest absolute Gasteiger partial charge is 0.293 e. The molecule has 1 saturated heterocycles. The molecule has 178 valence electrons. The highest BCUT2D eigenvalue weighted by Crippen LogP contribution is 2.35. The molecule has 0 N–H and O–H groups in total. The summed E-state index contributed by atoms with van der Waals surface area (Å²) >= 11 is 0.840. The Morgan fingerprint density at radius 3 is 2.47 bits per heavy atom. The van der Waals surface area contributed by atoms with E-state index in [1.807, 2.05) is 42.5 Å². The number of hydrogen-bond acceptors (Lipinski definition) is 6. The highest BCUT2D eigenvalue weighted by atomic mass is 32.2. The molecule has 0 atom stereocenters. The Morgan fingerprint density at radius 2 is 1.64 bits per heavy atom. The van der Waals surface area contributed by atoms with E-state index in [2.05, 4.69) is 24.3 Å². The summed E-state index contributed by atoms with van der Waals surface area (Å²) in [7, 11) is 0. The number of rotatable bonds is 7. The SMILES string of the molecule is O=C1S/C(=C/c2ccccc2OCc2ccc3ccccc3c2)C(=O)N1Cc1cccc([N+](=O)[O-])c1. The third kappa shape index (κ3) is 4.99. The van der Waals surface area contributed by atoms with E-state index >= 15 is 0 Å². The topological polar surface area (TPSA) is 89.8 Å².